The maximum atomic E-state index is 6.72. The fraction of sp³-hybridized carbons (Fsp3) is 1.00. The van der Waals surface area contributed by atoms with Crippen molar-refractivity contribution in [1.82, 2.24) is 5.06 Å². The predicted octanol–water partition coefficient (Wildman–Crippen LogP) is 15.7. The van der Waals surface area contributed by atoms with Crippen molar-refractivity contribution in [2.24, 2.45) is 0 Å². The van der Waals surface area contributed by atoms with Crippen molar-refractivity contribution in [2.75, 3.05) is 20.8 Å². The summed E-state index contributed by atoms with van der Waals surface area (Å²) >= 11 is 0. The van der Waals surface area contributed by atoms with Gasteiger partial charge in [-0.15, -0.1) is 0 Å². The van der Waals surface area contributed by atoms with Gasteiger partial charge in [-0.05, 0) is 66.7 Å². The molecule has 0 saturated carbocycles. The zero-order valence-corrected chi connectivity index (χ0v) is 36.9. The summed E-state index contributed by atoms with van der Waals surface area (Å²) in [4.78, 5) is 6.72. The molecule has 0 aliphatic rings. The molecule has 51 heavy (non-hydrogen) atoms. The molecule has 0 aromatic heterocycles. The number of rotatable bonds is 41. The van der Waals surface area contributed by atoms with E-state index in [-0.39, 0.29) is 11.2 Å². The maximum Gasteiger partial charge on any atom is 0.0793 e. The molecule has 0 bridgehead atoms. The smallest absolute Gasteiger partial charge is 0.0793 e. The molecule has 0 fully saturated rings. The molecule has 0 aliphatic heterocycles. The Morgan fingerprint density at radius 1 is 0.451 bits per heavy atom. The Morgan fingerprint density at radius 2 is 0.784 bits per heavy atom. The second-order valence-corrected chi connectivity index (χ2v) is 17.8. The van der Waals surface area contributed by atoms with E-state index >= 15 is 0 Å². The van der Waals surface area contributed by atoms with Gasteiger partial charge >= 0.3 is 0 Å². The zero-order chi connectivity index (χ0) is 37.9. The van der Waals surface area contributed by atoms with Crippen LogP contribution in [0.5, 0.6) is 0 Å². The minimum atomic E-state index is -0.138. The average molecular weight is 724 g/mol. The summed E-state index contributed by atoms with van der Waals surface area (Å²) in [5, 5.41) is 2.18. The van der Waals surface area contributed by atoms with E-state index in [0.717, 1.165) is 25.9 Å². The van der Waals surface area contributed by atoms with E-state index in [1.165, 1.54) is 193 Å². The highest BCUT2D eigenvalue weighted by atomic mass is 16.7. The van der Waals surface area contributed by atoms with E-state index in [1.807, 2.05) is 0 Å². The molecule has 1 atom stereocenters. The summed E-state index contributed by atoms with van der Waals surface area (Å²) in [6, 6.07) is 0.374. The SMILES string of the molecule is CCCCCCCCCCCCCCCCC(CCCCCCCCCCCCCCCC)ON(C)C(C)CCC(C)(C)OCCC(C)(C)OC. The topological polar surface area (TPSA) is 30.9 Å². The van der Waals surface area contributed by atoms with Crippen LogP contribution in [-0.4, -0.2) is 49.2 Å². The van der Waals surface area contributed by atoms with Crippen LogP contribution in [0, 0.1) is 0 Å². The molecule has 0 radical (unpaired) electrons. The van der Waals surface area contributed by atoms with Crippen molar-refractivity contribution in [3.8, 4) is 0 Å². The van der Waals surface area contributed by atoms with E-state index in [9.17, 15) is 0 Å². The van der Waals surface area contributed by atoms with E-state index in [0.29, 0.717) is 12.1 Å². The summed E-state index contributed by atoms with van der Waals surface area (Å²) in [6.45, 7) is 16.4. The summed E-state index contributed by atoms with van der Waals surface area (Å²) in [5.74, 6) is 0. The first kappa shape index (κ1) is 50.8. The van der Waals surface area contributed by atoms with Crippen LogP contribution in [0.1, 0.15) is 260 Å². The number of ether oxygens (including phenoxy) is 2. The third-order valence-electron chi connectivity index (χ3n) is 11.6. The molecule has 0 amide bonds. The first-order valence-corrected chi connectivity index (χ1v) is 23.2. The quantitative estimate of drug-likeness (QED) is 0.0464. The van der Waals surface area contributed by atoms with Gasteiger partial charge in [-0.25, -0.2) is 0 Å². The van der Waals surface area contributed by atoms with Gasteiger partial charge in [-0.1, -0.05) is 194 Å². The van der Waals surface area contributed by atoms with Crippen LogP contribution in [0.25, 0.3) is 0 Å². The molecule has 0 heterocycles. The third-order valence-corrected chi connectivity index (χ3v) is 11.6. The summed E-state index contributed by atoms with van der Waals surface area (Å²) in [5.41, 5.74) is -0.271. The highest BCUT2D eigenvalue weighted by Crippen LogP contribution is 2.24. The standard InChI is InChI=1S/C47H97NO3/c1-10-12-14-16-18-20-22-24-26-28-30-32-34-36-38-45(39-37-35-33-31-29-27-25-23-21-19-17-15-13-11-2)51-48(8)44(3)40-41-47(6,7)50-43-42-46(4,5)49-9/h44-45H,10-43H2,1-9H3. The van der Waals surface area contributed by atoms with Gasteiger partial charge in [0.2, 0.25) is 0 Å². The van der Waals surface area contributed by atoms with E-state index in [4.69, 9.17) is 14.3 Å². The van der Waals surface area contributed by atoms with Gasteiger partial charge in [0.15, 0.2) is 0 Å². The summed E-state index contributed by atoms with van der Waals surface area (Å²) in [6.07, 6.45) is 45.4. The Kier molecular flexibility index (Phi) is 35.4. The van der Waals surface area contributed by atoms with Crippen molar-refractivity contribution in [1.29, 1.82) is 0 Å². The third kappa shape index (κ3) is 35.3. The van der Waals surface area contributed by atoms with Gasteiger partial charge in [0, 0.05) is 20.2 Å². The second-order valence-electron chi connectivity index (χ2n) is 17.8. The molecule has 4 nitrogen and oxygen atoms in total. The highest BCUT2D eigenvalue weighted by Gasteiger charge is 2.24. The van der Waals surface area contributed by atoms with E-state index in [1.54, 1.807) is 7.11 Å². The van der Waals surface area contributed by atoms with Crippen LogP contribution < -0.4 is 0 Å². The minimum absolute atomic E-state index is 0.133. The highest BCUT2D eigenvalue weighted by molar-refractivity contribution is 4.74. The number of hydrogen-bond donors (Lipinski definition) is 0. The monoisotopic (exact) mass is 724 g/mol. The van der Waals surface area contributed by atoms with E-state index in [2.05, 4.69) is 60.6 Å². The van der Waals surface area contributed by atoms with Gasteiger partial charge in [-0.2, -0.15) is 5.06 Å². The normalized spacial score (nSPS) is 13.2. The van der Waals surface area contributed by atoms with Crippen molar-refractivity contribution in [2.45, 2.75) is 284 Å². The predicted molar refractivity (Wildman–Crippen MR) is 227 cm³/mol. The fourth-order valence-corrected chi connectivity index (χ4v) is 7.21. The second kappa shape index (κ2) is 35.5. The minimum Gasteiger partial charge on any atom is -0.379 e. The molecule has 0 N–H and O–H groups in total. The maximum absolute atomic E-state index is 6.72. The van der Waals surface area contributed by atoms with Gasteiger partial charge in [0.05, 0.1) is 23.9 Å². The first-order chi connectivity index (χ1) is 24.6. The van der Waals surface area contributed by atoms with Gasteiger partial charge in [-0.3, -0.25) is 4.84 Å². The Hall–Kier alpha value is -0.160. The molecule has 308 valence electrons. The Balaban J connectivity index is 4.43. The van der Waals surface area contributed by atoms with Crippen LogP contribution in [-0.2, 0) is 14.3 Å². The number of hydroxylamine groups is 2. The number of methoxy groups -OCH3 is 1. The van der Waals surface area contributed by atoms with Crippen LogP contribution in [0.3, 0.4) is 0 Å². The lowest BCUT2D eigenvalue weighted by Gasteiger charge is -2.33. The molecule has 1 unspecified atom stereocenters. The van der Waals surface area contributed by atoms with Gasteiger partial charge < -0.3 is 9.47 Å². The van der Waals surface area contributed by atoms with Crippen LogP contribution >= 0.6 is 0 Å². The number of nitrogens with zero attached hydrogens (tertiary/aromatic N) is 1. The Labute approximate surface area is 323 Å². The molecule has 4 heteroatoms. The molecule has 0 saturated heterocycles. The zero-order valence-electron chi connectivity index (χ0n) is 36.9. The van der Waals surface area contributed by atoms with Crippen molar-refractivity contribution in [3.63, 3.8) is 0 Å². The molecule has 0 aromatic rings. The van der Waals surface area contributed by atoms with E-state index < -0.39 is 0 Å². The summed E-state index contributed by atoms with van der Waals surface area (Å²) < 4.78 is 11.9. The Morgan fingerprint density at radius 3 is 1.12 bits per heavy atom. The molecule has 0 rings (SSSR count). The van der Waals surface area contributed by atoms with Crippen molar-refractivity contribution >= 4 is 0 Å². The lowest BCUT2D eigenvalue weighted by atomic mass is 9.99. The number of hydrogen-bond acceptors (Lipinski definition) is 4. The molecule has 0 spiro atoms. The summed E-state index contributed by atoms with van der Waals surface area (Å²) in [7, 11) is 3.96. The molecular formula is C47H97NO3. The van der Waals surface area contributed by atoms with Gasteiger partial charge in [0.1, 0.15) is 0 Å². The lowest BCUT2D eigenvalue weighted by Crippen LogP contribution is -2.36. The van der Waals surface area contributed by atoms with Crippen molar-refractivity contribution < 1.29 is 14.3 Å². The molecular weight excluding hydrogens is 627 g/mol. The first-order valence-electron chi connectivity index (χ1n) is 23.2. The van der Waals surface area contributed by atoms with Crippen LogP contribution in [0.2, 0.25) is 0 Å². The lowest BCUT2D eigenvalue weighted by molar-refractivity contribution is -0.208. The largest absolute Gasteiger partial charge is 0.379 e. The van der Waals surface area contributed by atoms with Gasteiger partial charge in [0.25, 0.3) is 0 Å². The molecule has 0 aliphatic carbocycles. The number of unbranched alkanes of at least 4 members (excludes halogenated alkanes) is 26. The molecule has 0 aromatic carbocycles. The Bertz CT molecular complexity index is 663. The average Bonchev–Trinajstić information content (AvgIpc) is 3.10. The van der Waals surface area contributed by atoms with Crippen molar-refractivity contribution in [3.05, 3.63) is 0 Å². The van der Waals surface area contributed by atoms with Crippen LogP contribution in [0.15, 0.2) is 0 Å². The van der Waals surface area contributed by atoms with Crippen LogP contribution in [0.4, 0.5) is 0 Å². The fourth-order valence-electron chi connectivity index (χ4n) is 7.21.